The Morgan fingerprint density at radius 3 is 2.47 bits per heavy atom. The molecule has 0 aliphatic carbocycles. The van der Waals surface area contributed by atoms with E-state index in [9.17, 15) is 4.79 Å². The van der Waals surface area contributed by atoms with Crippen LogP contribution < -0.4 is 0 Å². The molecule has 1 heterocycles. The Labute approximate surface area is 90.9 Å². The van der Waals surface area contributed by atoms with Gasteiger partial charge in [0.25, 0.3) is 0 Å². The number of carbonyl (C=O) groups excluding carboxylic acids is 1. The fourth-order valence-corrected chi connectivity index (χ4v) is 1.54. The lowest BCUT2D eigenvalue weighted by Gasteiger charge is -2.14. The van der Waals surface area contributed by atoms with Crippen molar-refractivity contribution in [3.63, 3.8) is 0 Å². The Morgan fingerprint density at radius 2 is 2.07 bits per heavy atom. The molecule has 4 heteroatoms. The van der Waals surface area contributed by atoms with Gasteiger partial charge in [0.15, 0.2) is 0 Å². The minimum absolute atomic E-state index is 0.150. The Hall–Kier alpha value is -1.32. The largest absolute Gasteiger partial charge is 0.346 e. The fourth-order valence-electron chi connectivity index (χ4n) is 1.54. The fraction of sp³-hybridized carbons (Fsp3) is 0.636. The number of aryl methyl sites for hydroxylation is 2. The van der Waals surface area contributed by atoms with Crippen LogP contribution in [0.5, 0.6) is 0 Å². The third-order valence-electron chi connectivity index (χ3n) is 2.89. The van der Waals surface area contributed by atoms with Gasteiger partial charge in [0.05, 0.1) is 12.1 Å². The van der Waals surface area contributed by atoms with Crippen molar-refractivity contribution in [1.82, 2.24) is 14.7 Å². The number of hydrogen-bond acceptors (Lipinski definition) is 2. The molecule has 0 aliphatic rings. The first-order chi connectivity index (χ1) is 6.97. The van der Waals surface area contributed by atoms with Crippen molar-refractivity contribution >= 4 is 5.91 Å². The zero-order valence-corrected chi connectivity index (χ0v) is 10.2. The molecule has 0 aliphatic heterocycles. The van der Waals surface area contributed by atoms with Crippen molar-refractivity contribution in [3.8, 4) is 0 Å². The lowest BCUT2D eigenvalue weighted by atomic mass is 10.1. The van der Waals surface area contributed by atoms with E-state index in [0.29, 0.717) is 6.42 Å². The van der Waals surface area contributed by atoms with Gasteiger partial charge in [-0.15, -0.1) is 0 Å². The predicted molar refractivity (Wildman–Crippen MR) is 59.7 cm³/mol. The quantitative estimate of drug-likeness (QED) is 0.746. The molecule has 0 saturated carbocycles. The molecule has 0 aromatic carbocycles. The van der Waals surface area contributed by atoms with Gasteiger partial charge >= 0.3 is 0 Å². The average molecular weight is 209 g/mol. The third-order valence-corrected chi connectivity index (χ3v) is 2.89. The first kappa shape index (κ1) is 11.8. The summed E-state index contributed by atoms with van der Waals surface area (Å²) in [5, 5.41) is 4.29. The summed E-state index contributed by atoms with van der Waals surface area (Å²) in [6.45, 7) is 6.66. The van der Waals surface area contributed by atoms with Crippen LogP contribution in [-0.4, -0.2) is 34.2 Å². The molecular formula is C11H19N3O. The number of likely N-dealkylation sites (N-methyl/N-ethyl adjacent to an activating group) is 1. The maximum Gasteiger partial charge on any atom is 0.226 e. The van der Waals surface area contributed by atoms with Crippen molar-refractivity contribution < 1.29 is 4.79 Å². The minimum Gasteiger partial charge on any atom is -0.346 e. The SMILES string of the molecule is CCN(C)C(=O)Cc1c(C)nn(C)c1C. The Bertz CT molecular complexity index is 368. The summed E-state index contributed by atoms with van der Waals surface area (Å²) in [5.74, 6) is 0.150. The highest BCUT2D eigenvalue weighted by Crippen LogP contribution is 2.13. The topological polar surface area (TPSA) is 38.1 Å². The third kappa shape index (κ3) is 2.37. The molecule has 0 bridgehead atoms. The van der Waals surface area contributed by atoms with E-state index in [1.165, 1.54) is 0 Å². The van der Waals surface area contributed by atoms with Crippen LogP contribution >= 0.6 is 0 Å². The van der Waals surface area contributed by atoms with Gasteiger partial charge in [0.2, 0.25) is 5.91 Å². The second kappa shape index (κ2) is 4.47. The van der Waals surface area contributed by atoms with E-state index in [-0.39, 0.29) is 5.91 Å². The van der Waals surface area contributed by atoms with Crippen molar-refractivity contribution in [2.75, 3.05) is 13.6 Å². The second-order valence-electron chi connectivity index (χ2n) is 3.86. The summed E-state index contributed by atoms with van der Waals surface area (Å²) >= 11 is 0. The van der Waals surface area contributed by atoms with Crippen molar-refractivity contribution in [2.45, 2.75) is 27.2 Å². The van der Waals surface area contributed by atoms with Gasteiger partial charge in [0, 0.05) is 31.9 Å². The molecule has 0 N–H and O–H groups in total. The summed E-state index contributed by atoms with van der Waals surface area (Å²) in [6.07, 6.45) is 0.454. The highest BCUT2D eigenvalue weighted by Gasteiger charge is 2.15. The smallest absolute Gasteiger partial charge is 0.226 e. The van der Waals surface area contributed by atoms with Gasteiger partial charge < -0.3 is 4.90 Å². The normalized spacial score (nSPS) is 10.5. The van der Waals surface area contributed by atoms with Crippen molar-refractivity contribution in [2.24, 2.45) is 7.05 Å². The molecule has 1 rings (SSSR count). The van der Waals surface area contributed by atoms with E-state index in [2.05, 4.69) is 5.10 Å². The van der Waals surface area contributed by atoms with Crippen LogP contribution in [0.3, 0.4) is 0 Å². The highest BCUT2D eigenvalue weighted by atomic mass is 16.2. The lowest BCUT2D eigenvalue weighted by Crippen LogP contribution is -2.28. The molecule has 1 aromatic heterocycles. The molecule has 4 nitrogen and oxygen atoms in total. The van der Waals surface area contributed by atoms with Crippen LogP contribution in [0.25, 0.3) is 0 Å². The van der Waals surface area contributed by atoms with Gasteiger partial charge in [-0.05, 0) is 20.8 Å². The molecule has 0 unspecified atom stereocenters. The number of nitrogens with zero attached hydrogens (tertiary/aromatic N) is 3. The maximum atomic E-state index is 11.7. The predicted octanol–water partition coefficient (Wildman–Crippen LogP) is 1.06. The van der Waals surface area contributed by atoms with Gasteiger partial charge in [0.1, 0.15) is 0 Å². The van der Waals surface area contributed by atoms with Gasteiger partial charge in [-0.2, -0.15) is 5.10 Å². The molecule has 1 amide bonds. The summed E-state index contributed by atoms with van der Waals surface area (Å²) in [5.41, 5.74) is 3.08. The number of rotatable bonds is 3. The van der Waals surface area contributed by atoms with Gasteiger partial charge in [-0.3, -0.25) is 9.48 Å². The molecular weight excluding hydrogens is 190 g/mol. The van der Waals surface area contributed by atoms with Gasteiger partial charge in [-0.25, -0.2) is 0 Å². The van der Waals surface area contributed by atoms with E-state index >= 15 is 0 Å². The standard InChI is InChI=1S/C11H19N3O/c1-6-13(4)11(15)7-10-8(2)12-14(5)9(10)3/h6-7H2,1-5H3. The molecule has 1 aromatic rings. The zero-order chi connectivity index (χ0) is 11.6. The maximum absolute atomic E-state index is 11.7. The molecule has 0 radical (unpaired) electrons. The lowest BCUT2D eigenvalue weighted by molar-refractivity contribution is -0.128. The Kier molecular flexibility index (Phi) is 3.50. The minimum atomic E-state index is 0.150. The van der Waals surface area contributed by atoms with Crippen LogP contribution in [0.4, 0.5) is 0 Å². The van der Waals surface area contributed by atoms with Gasteiger partial charge in [-0.1, -0.05) is 0 Å². The summed E-state index contributed by atoms with van der Waals surface area (Å²) < 4.78 is 1.82. The molecule has 84 valence electrons. The first-order valence-electron chi connectivity index (χ1n) is 5.20. The Balaban J connectivity index is 2.85. The van der Waals surface area contributed by atoms with E-state index in [1.807, 2.05) is 39.5 Å². The van der Waals surface area contributed by atoms with Crippen molar-refractivity contribution in [1.29, 1.82) is 0 Å². The number of amides is 1. The van der Waals surface area contributed by atoms with E-state index in [1.54, 1.807) is 4.90 Å². The molecule has 0 spiro atoms. The molecule has 0 saturated heterocycles. The van der Waals surface area contributed by atoms with Crippen LogP contribution in [0.1, 0.15) is 23.9 Å². The van der Waals surface area contributed by atoms with Crippen LogP contribution in [-0.2, 0) is 18.3 Å². The average Bonchev–Trinajstić information content (AvgIpc) is 2.43. The summed E-state index contributed by atoms with van der Waals surface area (Å²) in [7, 11) is 3.73. The van der Waals surface area contributed by atoms with E-state index < -0.39 is 0 Å². The number of hydrogen-bond donors (Lipinski definition) is 0. The van der Waals surface area contributed by atoms with E-state index in [0.717, 1.165) is 23.5 Å². The van der Waals surface area contributed by atoms with Crippen LogP contribution in [0, 0.1) is 13.8 Å². The van der Waals surface area contributed by atoms with Crippen LogP contribution in [0.2, 0.25) is 0 Å². The summed E-state index contributed by atoms with van der Waals surface area (Å²) in [4.78, 5) is 13.5. The Morgan fingerprint density at radius 1 is 1.47 bits per heavy atom. The molecule has 0 fully saturated rings. The molecule has 0 atom stereocenters. The monoisotopic (exact) mass is 209 g/mol. The zero-order valence-electron chi connectivity index (χ0n) is 10.2. The van der Waals surface area contributed by atoms with E-state index in [4.69, 9.17) is 0 Å². The molecule has 15 heavy (non-hydrogen) atoms. The first-order valence-corrected chi connectivity index (χ1v) is 5.20. The highest BCUT2D eigenvalue weighted by molar-refractivity contribution is 5.79. The van der Waals surface area contributed by atoms with Crippen LogP contribution in [0.15, 0.2) is 0 Å². The second-order valence-corrected chi connectivity index (χ2v) is 3.86. The summed E-state index contributed by atoms with van der Waals surface area (Å²) in [6, 6.07) is 0. The number of carbonyl (C=O) groups is 1. The number of aromatic nitrogens is 2. The van der Waals surface area contributed by atoms with Crippen molar-refractivity contribution in [3.05, 3.63) is 17.0 Å².